The van der Waals surface area contributed by atoms with Crippen LogP contribution < -0.4 is 0 Å². The van der Waals surface area contributed by atoms with Crippen molar-refractivity contribution in [3.63, 3.8) is 0 Å². The number of carbonyl (C=O) groups is 3. The Morgan fingerprint density at radius 2 is 1.12 bits per heavy atom. The fraction of sp³-hybridized carbons (Fsp3) is 0.211. The highest BCUT2D eigenvalue weighted by Gasteiger charge is 2.34. The first kappa shape index (κ1) is 17.4. The molecule has 24 heavy (non-hydrogen) atoms. The van der Waals surface area contributed by atoms with Crippen molar-refractivity contribution in [3.8, 4) is 0 Å². The Bertz CT molecular complexity index is 639. The van der Waals surface area contributed by atoms with Gasteiger partial charge in [-0.1, -0.05) is 60.7 Å². The third kappa shape index (κ3) is 5.05. The van der Waals surface area contributed by atoms with Gasteiger partial charge in [-0.15, -0.1) is 0 Å². The molecule has 0 fully saturated rings. The predicted molar refractivity (Wildman–Crippen MR) is 86.6 cm³/mol. The van der Waals surface area contributed by atoms with Gasteiger partial charge in [-0.3, -0.25) is 14.4 Å². The van der Waals surface area contributed by atoms with Gasteiger partial charge in [0.15, 0.2) is 5.78 Å². The summed E-state index contributed by atoms with van der Waals surface area (Å²) < 4.78 is 10.1. The molecule has 0 bridgehead atoms. The van der Waals surface area contributed by atoms with Gasteiger partial charge < -0.3 is 9.47 Å². The Balaban J connectivity index is 1.93. The van der Waals surface area contributed by atoms with Crippen LogP contribution in [-0.2, 0) is 37.1 Å². The molecule has 0 heterocycles. The van der Waals surface area contributed by atoms with Gasteiger partial charge in [-0.2, -0.15) is 0 Å². The quantitative estimate of drug-likeness (QED) is 0.578. The van der Waals surface area contributed by atoms with Gasteiger partial charge in [0.25, 0.3) is 0 Å². The SMILES string of the molecule is CC(=O)C(C(=O)OCc1ccccc1)C(=O)OCc1ccccc1. The first-order chi connectivity index (χ1) is 11.6. The number of Topliss-reactive ketones (excluding diaryl/α,β-unsaturated/α-hetero) is 1. The van der Waals surface area contributed by atoms with E-state index in [9.17, 15) is 14.4 Å². The molecule has 0 aliphatic carbocycles. The van der Waals surface area contributed by atoms with Crippen molar-refractivity contribution in [2.24, 2.45) is 5.92 Å². The van der Waals surface area contributed by atoms with Crippen LogP contribution in [0.3, 0.4) is 0 Å². The maximum Gasteiger partial charge on any atom is 0.328 e. The number of hydrogen-bond acceptors (Lipinski definition) is 5. The zero-order chi connectivity index (χ0) is 17.4. The number of esters is 2. The standard InChI is InChI=1S/C19H18O5/c1-14(20)17(18(21)23-12-15-8-4-2-5-9-15)19(22)24-13-16-10-6-3-7-11-16/h2-11,17H,12-13H2,1H3. The molecule has 0 saturated carbocycles. The lowest BCUT2D eigenvalue weighted by atomic mass is 10.1. The number of hydrogen-bond donors (Lipinski definition) is 0. The van der Waals surface area contributed by atoms with E-state index in [-0.39, 0.29) is 13.2 Å². The molecule has 2 aromatic carbocycles. The lowest BCUT2D eigenvalue weighted by Gasteiger charge is -2.13. The number of benzene rings is 2. The first-order valence-corrected chi connectivity index (χ1v) is 7.49. The highest BCUT2D eigenvalue weighted by molar-refractivity contribution is 6.14. The van der Waals surface area contributed by atoms with E-state index in [0.717, 1.165) is 18.1 Å². The minimum absolute atomic E-state index is 0.00455. The van der Waals surface area contributed by atoms with E-state index >= 15 is 0 Å². The topological polar surface area (TPSA) is 69.7 Å². The molecule has 0 unspecified atom stereocenters. The molecule has 0 spiro atoms. The normalized spacial score (nSPS) is 10.2. The zero-order valence-electron chi connectivity index (χ0n) is 13.3. The Hall–Kier alpha value is -2.95. The van der Waals surface area contributed by atoms with Crippen molar-refractivity contribution >= 4 is 17.7 Å². The van der Waals surface area contributed by atoms with E-state index in [2.05, 4.69) is 0 Å². The van der Waals surface area contributed by atoms with Gasteiger partial charge in [0.1, 0.15) is 13.2 Å². The lowest BCUT2D eigenvalue weighted by Crippen LogP contribution is -2.33. The third-order valence-electron chi connectivity index (χ3n) is 3.33. The summed E-state index contributed by atoms with van der Waals surface area (Å²) in [6, 6.07) is 18.0. The summed E-state index contributed by atoms with van der Waals surface area (Å²) in [5, 5.41) is 0. The predicted octanol–water partition coefficient (Wildman–Crippen LogP) is 2.68. The van der Waals surface area contributed by atoms with Crippen molar-refractivity contribution in [2.75, 3.05) is 0 Å². The van der Waals surface area contributed by atoms with E-state index < -0.39 is 23.6 Å². The fourth-order valence-corrected chi connectivity index (χ4v) is 2.05. The zero-order valence-corrected chi connectivity index (χ0v) is 13.3. The second-order valence-corrected chi connectivity index (χ2v) is 5.23. The molecular formula is C19H18O5. The molecule has 124 valence electrons. The molecule has 0 atom stereocenters. The van der Waals surface area contributed by atoms with Crippen LogP contribution in [0.2, 0.25) is 0 Å². The van der Waals surface area contributed by atoms with Gasteiger partial charge >= 0.3 is 11.9 Å². The van der Waals surface area contributed by atoms with E-state index in [1.165, 1.54) is 0 Å². The van der Waals surface area contributed by atoms with Crippen LogP contribution in [0.15, 0.2) is 60.7 Å². The summed E-state index contributed by atoms with van der Waals surface area (Å²) in [5.41, 5.74) is 1.54. The van der Waals surface area contributed by atoms with Crippen LogP contribution in [0.5, 0.6) is 0 Å². The smallest absolute Gasteiger partial charge is 0.328 e. The summed E-state index contributed by atoms with van der Waals surface area (Å²) in [7, 11) is 0. The number of ketones is 1. The van der Waals surface area contributed by atoms with E-state index in [1.54, 1.807) is 48.5 Å². The van der Waals surface area contributed by atoms with Crippen molar-refractivity contribution in [1.82, 2.24) is 0 Å². The Morgan fingerprint density at radius 1 is 0.750 bits per heavy atom. The van der Waals surface area contributed by atoms with Crippen LogP contribution >= 0.6 is 0 Å². The molecule has 0 aliphatic heterocycles. The van der Waals surface area contributed by atoms with Crippen LogP contribution in [-0.4, -0.2) is 17.7 Å². The van der Waals surface area contributed by atoms with E-state index in [0.29, 0.717) is 0 Å². The maximum absolute atomic E-state index is 12.1. The Morgan fingerprint density at radius 3 is 1.46 bits per heavy atom. The summed E-state index contributed by atoms with van der Waals surface area (Å²) in [4.78, 5) is 35.8. The van der Waals surface area contributed by atoms with Crippen LogP contribution in [0.4, 0.5) is 0 Å². The van der Waals surface area contributed by atoms with Gasteiger partial charge in [-0.25, -0.2) is 0 Å². The molecule has 0 amide bonds. The van der Waals surface area contributed by atoms with E-state index in [1.807, 2.05) is 12.1 Å². The Kier molecular flexibility index (Phi) is 6.25. The van der Waals surface area contributed by atoms with Crippen molar-refractivity contribution < 1.29 is 23.9 Å². The minimum Gasteiger partial charge on any atom is -0.460 e. The number of carbonyl (C=O) groups excluding carboxylic acids is 3. The molecule has 0 aliphatic rings. The minimum atomic E-state index is -1.56. The van der Waals surface area contributed by atoms with Gasteiger partial charge in [-0.05, 0) is 18.1 Å². The first-order valence-electron chi connectivity index (χ1n) is 7.49. The molecule has 0 saturated heterocycles. The molecule has 5 heteroatoms. The molecule has 2 rings (SSSR count). The fourth-order valence-electron chi connectivity index (χ4n) is 2.05. The summed E-state index contributed by atoms with van der Waals surface area (Å²) in [6.07, 6.45) is 0. The summed E-state index contributed by atoms with van der Waals surface area (Å²) in [5.74, 6) is -3.96. The van der Waals surface area contributed by atoms with Crippen LogP contribution in [0, 0.1) is 5.92 Å². The highest BCUT2D eigenvalue weighted by Crippen LogP contribution is 2.10. The number of ether oxygens (including phenoxy) is 2. The van der Waals surface area contributed by atoms with Crippen molar-refractivity contribution in [3.05, 3.63) is 71.8 Å². The second-order valence-electron chi connectivity index (χ2n) is 5.23. The molecule has 0 N–H and O–H groups in total. The van der Waals surface area contributed by atoms with Gasteiger partial charge in [0.05, 0.1) is 0 Å². The van der Waals surface area contributed by atoms with Gasteiger partial charge in [0, 0.05) is 0 Å². The van der Waals surface area contributed by atoms with E-state index in [4.69, 9.17) is 9.47 Å². The largest absolute Gasteiger partial charge is 0.460 e. The van der Waals surface area contributed by atoms with Gasteiger partial charge in [0.2, 0.25) is 5.92 Å². The molecule has 5 nitrogen and oxygen atoms in total. The number of rotatable bonds is 7. The molecule has 0 aromatic heterocycles. The molecule has 0 radical (unpaired) electrons. The van der Waals surface area contributed by atoms with Crippen molar-refractivity contribution in [1.29, 1.82) is 0 Å². The Labute approximate surface area is 140 Å². The highest BCUT2D eigenvalue weighted by atomic mass is 16.6. The maximum atomic E-state index is 12.1. The van der Waals surface area contributed by atoms with Crippen molar-refractivity contribution in [2.45, 2.75) is 20.1 Å². The lowest BCUT2D eigenvalue weighted by molar-refractivity contribution is -0.165. The van der Waals surface area contributed by atoms with Crippen LogP contribution in [0.1, 0.15) is 18.1 Å². The monoisotopic (exact) mass is 326 g/mol. The molecular weight excluding hydrogens is 308 g/mol. The molecule has 2 aromatic rings. The average molecular weight is 326 g/mol. The summed E-state index contributed by atoms with van der Waals surface area (Å²) >= 11 is 0. The summed E-state index contributed by atoms with van der Waals surface area (Å²) in [6.45, 7) is 1.16. The van der Waals surface area contributed by atoms with Crippen LogP contribution in [0.25, 0.3) is 0 Å². The third-order valence-corrected chi connectivity index (χ3v) is 3.33. The second kappa shape index (κ2) is 8.62. The average Bonchev–Trinajstić information content (AvgIpc) is 2.60.